The molecular weight excluding hydrogens is 219 g/mol. The van der Waals surface area contributed by atoms with Crippen LogP contribution in [0.1, 0.15) is 25.0 Å². The van der Waals surface area contributed by atoms with Crippen molar-refractivity contribution in [3.63, 3.8) is 0 Å². The van der Waals surface area contributed by atoms with E-state index in [1.54, 1.807) is 6.07 Å². The fourth-order valence-electron chi connectivity index (χ4n) is 1.51. The van der Waals surface area contributed by atoms with Gasteiger partial charge in [-0.2, -0.15) is 0 Å². The lowest BCUT2D eigenvalue weighted by Gasteiger charge is -2.10. The van der Waals surface area contributed by atoms with Gasteiger partial charge in [0.05, 0.1) is 6.54 Å². The monoisotopic (exact) mass is 238 g/mol. The Bertz CT molecular complexity index is 391. The first-order chi connectivity index (χ1) is 7.99. The van der Waals surface area contributed by atoms with Crippen LogP contribution in [0.2, 0.25) is 0 Å². The van der Waals surface area contributed by atoms with E-state index in [9.17, 15) is 9.18 Å². The van der Waals surface area contributed by atoms with Crippen molar-refractivity contribution in [2.45, 2.75) is 33.4 Å². The first-order valence-corrected chi connectivity index (χ1v) is 5.74. The number of nitrogens with one attached hydrogen (secondary N) is 2. The maximum absolute atomic E-state index is 13.0. The molecule has 0 radical (unpaired) electrons. The highest BCUT2D eigenvalue weighted by atomic mass is 19.1. The molecule has 2 N–H and O–H groups in total. The van der Waals surface area contributed by atoms with Gasteiger partial charge in [0.15, 0.2) is 0 Å². The lowest BCUT2D eigenvalue weighted by Crippen LogP contribution is -2.37. The Morgan fingerprint density at radius 1 is 1.41 bits per heavy atom. The Labute approximate surface area is 101 Å². The molecule has 0 saturated carbocycles. The Kier molecular flexibility index (Phi) is 5.10. The molecule has 0 saturated heterocycles. The molecule has 17 heavy (non-hydrogen) atoms. The second kappa shape index (κ2) is 6.35. The van der Waals surface area contributed by atoms with Crippen molar-refractivity contribution < 1.29 is 9.18 Å². The number of hydrogen-bond acceptors (Lipinski definition) is 2. The third kappa shape index (κ3) is 4.95. The van der Waals surface area contributed by atoms with Gasteiger partial charge in [-0.05, 0) is 44.0 Å². The summed E-state index contributed by atoms with van der Waals surface area (Å²) >= 11 is 0. The zero-order valence-corrected chi connectivity index (χ0v) is 10.5. The number of aryl methyl sites for hydroxylation is 1. The van der Waals surface area contributed by atoms with Gasteiger partial charge in [-0.15, -0.1) is 0 Å². The molecule has 0 aromatic heterocycles. The number of carbonyl (C=O) groups excluding carboxylic acids is 1. The zero-order valence-electron chi connectivity index (χ0n) is 10.5. The van der Waals surface area contributed by atoms with Gasteiger partial charge >= 0.3 is 0 Å². The largest absolute Gasteiger partial charge is 0.353 e. The van der Waals surface area contributed by atoms with Gasteiger partial charge in [-0.3, -0.25) is 4.79 Å². The molecule has 0 aliphatic carbocycles. The Balaban J connectivity index is 2.40. The number of hydrogen-bond donors (Lipinski definition) is 2. The van der Waals surface area contributed by atoms with Crippen molar-refractivity contribution in [2.24, 2.45) is 0 Å². The third-order valence-electron chi connectivity index (χ3n) is 2.36. The van der Waals surface area contributed by atoms with Crippen LogP contribution < -0.4 is 10.6 Å². The van der Waals surface area contributed by atoms with Crippen molar-refractivity contribution in [3.05, 3.63) is 35.1 Å². The van der Waals surface area contributed by atoms with E-state index in [0.29, 0.717) is 6.54 Å². The summed E-state index contributed by atoms with van der Waals surface area (Å²) in [7, 11) is 0. The molecule has 94 valence electrons. The van der Waals surface area contributed by atoms with Gasteiger partial charge in [-0.1, -0.05) is 6.07 Å². The van der Waals surface area contributed by atoms with Crippen LogP contribution in [0.5, 0.6) is 0 Å². The third-order valence-corrected chi connectivity index (χ3v) is 2.36. The number of carbonyl (C=O) groups is 1. The molecule has 0 unspecified atom stereocenters. The van der Waals surface area contributed by atoms with Crippen molar-refractivity contribution in [2.75, 3.05) is 6.54 Å². The smallest absolute Gasteiger partial charge is 0.234 e. The van der Waals surface area contributed by atoms with E-state index in [1.165, 1.54) is 12.1 Å². The molecule has 0 aliphatic heterocycles. The molecule has 0 heterocycles. The van der Waals surface area contributed by atoms with Crippen LogP contribution in [0.25, 0.3) is 0 Å². The predicted octanol–water partition coefficient (Wildman–Crippen LogP) is 1.75. The normalized spacial score (nSPS) is 10.6. The van der Waals surface area contributed by atoms with Crippen molar-refractivity contribution in [1.82, 2.24) is 10.6 Å². The summed E-state index contributed by atoms with van der Waals surface area (Å²) in [5, 5.41) is 5.78. The molecule has 1 aromatic rings. The number of halogens is 1. The Hall–Kier alpha value is -1.42. The second-order valence-corrected chi connectivity index (χ2v) is 4.40. The van der Waals surface area contributed by atoms with Crippen LogP contribution in [0.4, 0.5) is 4.39 Å². The summed E-state index contributed by atoms with van der Waals surface area (Å²) in [5.41, 5.74) is 1.89. The molecule has 0 aliphatic rings. The van der Waals surface area contributed by atoms with E-state index in [4.69, 9.17) is 0 Å². The van der Waals surface area contributed by atoms with Crippen LogP contribution in [0.15, 0.2) is 18.2 Å². The predicted molar refractivity (Wildman–Crippen MR) is 66.1 cm³/mol. The summed E-state index contributed by atoms with van der Waals surface area (Å²) in [4.78, 5) is 11.3. The molecule has 0 spiro atoms. The van der Waals surface area contributed by atoms with E-state index in [2.05, 4.69) is 10.6 Å². The van der Waals surface area contributed by atoms with Crippen LogP contribution in [-0.4, -0.2) is 18.5 Å². The molecular formula is C13H19FN2O. The maximum atomic E-state index is 13.0. The van der Waals surface area contributed by atoms with Crippen LogP contribution in [-0.2, 0) is 11.3 Å². The van der Waals surface area contributed by atoms with Gasteiger partial charge in [-0.25, -0.2) is 4.39 Å². The van der Waals surface area contributed by atoms with Crippen LogP contribution in [0.3, 0.4) is 0 Å². The maximum Gasteiger partial charge on any atom is 0.234 e. The van der Waals surface area contributed by atoms with E-state index < -0.39 is 0 Å². The summed E-state index contributed by atoms with van der Waals surface area (Å²) < 4.78 is 13.0. The highest BCUT2D eigenvalue weighted by Gasteiger charge is 2.04. The average molecular weight is 238 g/mol. The topological polar surface area (TPSA) is 41.1 Å². The minimum atomic E-state index is -0.251. The fraction of sp³-hybridized carbons (Fsp3) is 0.462. The first kappa shape index (κ1) is 13.6. The molecule has 4 heteroatoms. The first-order valence-electron chi connectivity index (χ1n) is 5.74. The molecule has 0 bridgehead atoms. The van der Waals surface area contributed by atoms with E-state index >= 15 is 0 Å². The second-order valence-electron chi connectivity index (χ2n) is 4.40. The minimum absolute atomic E-state index is 0.0472. The highest BCUT2D eigenvalue weighted by molar-refractivity contribution is 5.78. The summed E-state index contributed by atoms with van der Waals surface area (Å²) in [6.45, 7) is 6.48. The van der Waals surface area contributed by atoms with Gasteiger partial charge in [0, 0.05) is 12.6 Å². The molecule has 0 atom stereocenters. The molecule has 3 nitrogen and oxygen atoms in total. The van der Waals surface area contributed by atoms with Crippen molar-refractivity contribution in [1.29, 1.82) is 0 Å². The molecule has 1 amide bonds. The molecule has 0 fully saturated rings. The summed E-state index contributed by atoms with van der Waals surface area (Å²) in [6, 6.07) is 4.80. The van der Waals surface area contributed by atoms with Gasteiger partial charge < -0.3 is 10.6 Å². The van der Waals surface area contributed by atoms with E-state index in [1.807, 2.05) is 20.8 Å². The Morgan fingerprint density at radius 3 is 2.76 bits per heavy atom. The Morgan fingerprint density at radius 2 is 2.12 bits per heavy atom. The van der Waals surface area contributed by atoms with Crippen molar-refractivity contribution >= 4 is 5.91 Å². The number of amides is 1. The molecule has 1 rings (SSSR count). The molecule has 1 aromatic carbocycles. The van der Waals surface area contributed by atoms with E-state index in [0.717, 1.165) is 11.1 Å². The SMILES string of the molecule is Cc1ccc(F)cc1CNCC(=O)NC(C)C. The van der Waals surface area contributed by atoms with Gasteiger partial charge in [0.25, 0.3) is 0 Å². The summed E-state index contributed by atoms with van der Waals surface area (Å²) in [6.07, 6.45) is 0. The van der Waals surface area contributed by atoms with Gasteiger partial charge in [0.2, 0.25) is 5.91 Å². The quantitative estimate of drug-likeness (QED) is 0.820. The minimum Gasteiger partial charge on any atom is -0.353 e. The van der Waals surface area contributed by atoms with E-state index in [-0.39, 0.29) is 24.3 Å². The average Bonchev–Trinajstić information content (AvgIpc) is 2.22. The summed E-state index contributed by atoms with van der Waals surface area (Å²) in [5.74, 6) is -0.298. The fourth-order valence-corrected chi connectivity index (χ4v) is 1.51. The van der Waals surface area contributed by atoms with Crippen LogP contribution in [0, 0.1) is 12.7 Å². The lowest BCUT2D eigenvalue weighted by atomic mass is 10.1. The lowest BCUT2D eigenvalue weighted by molar-refractivity contribution is -0.120. The van der Waals surface area contributed by atoms with Crippen molar-refractivity contribution in [3.8, 4) is 0 Å². The standard InChI is InChI=1S/C13H19FN2O/c1-9(2)16-13(17)8-15-7-11-6-12(14)5-4-10(11)3/h4-6,9,15H,7-8H2,1-3H3,(H,16,17). The zero-order chi connectivity index (χ0) is 12.8. The number of benzene rings is 1. The van der Waals surface area contributed by atoms with Gasteiger partial charge in [0.1, 0.15) is 5.82 Å². The highest BCUT2D eigenvalue weighted by Crippen LogP contribution is 2.09. The van der Waals surface area contributed by atoms with Crippen LogP contribution >= 0.6 is 0 Å². The number of rotatable bonds is 5.